The zero-order valence-corrected chi connectivity index (χ0v) is 14.2. The lowest BCUT2D eigenvalue weighted by molar-refractivity contribution is -0.119. The molecule has 0 saturated carbocycles. The zero-order valence-electron chi connectivity index (χ0n) is 13.5. The molecule has 1 aromatic heterocycles. The SMILES string of the molecule is O=C(Cn1ncc(=O)c2ccccc21)N1CCCc2cc(Cl)ccc21. The third-order valence-electron chi connectivity index (χ3n) is 4.51. The molecule has 0 spiro atoms. The lowest BCUT2D eigenvalue weighted by Gasteiger charge is -2.30. The zero-order chi connectivity index (χ0) is 17.4. The minimum Gasteiger partial charge on any atom is -0.311 e. The van der Waals surface area contributed by atoms with Gasteiger partial charge in [-0.15, -0.1) is 0 Å². The number of anilines is 1. The van der Waals surface area contributed by atoms with E-state index < -0.39 is 0 Å². The number of para-hydroxylation sites is 1. The molecule has 1 aliphatic heterocycles. The lowest BCUT2D eigenvalue weighted by Crippen LogP contribution is -2.38. The molecule has 6 heteroatoms. The molecule has 126 valence electrons. The summed E-state index contributed by atoms with van der Waals surface area (Å²) in [5, 5.41) is 5.39. The number of halogens is 1. The Balaban J connectivity index is 1.68. The first-order chi connectivity index (χ1) is 12.1. The summed E-state index contributed by atoms with van der Waals surface area (Å²) in [6.07, 6.45) is 3.08. The van der Waals surface area contributed by atoms with E-state index in [2.05, 4.69) is 5.10 Å². The number of rotatable bonds is 2. The molecule has 1 aliphatic rings. The van der Waals surface area contributed by atoms with E-state index in [0.29, 0.717) is 22.5 Å². The van der Waals surface area contributed by atoms with Crippen molar-refractivity contribution < 1.29 is 4.79 Å². The average molecular weight is 354 g/mol. The maximum absolute atomic E-state index is 12.9. The van der Waals surface area contributed by atoms with Gasteiger partial charge < -0.3 is 4.90 Å². The minimum absolute atomic E-state index is 0.0513. The van der Waals surface area contributed by atoms with Gasteiger partial charge >= 0.3 is 0 Å². The number of aryl methyl sites for hydroxylation is 1. The highest BCUT2D eigenvalue weighted by Crippen LogP contribution is 2.29. The van der Waals surface area contributed by atoms with Gasteiger partial charge in [-0.2, -0.15) is 5.10 Å². The number of nitrogens with zero attached hydrogens (tertiary/aromatic N) is 3. The smallest absolute Gasteiger partial charge is 0.248 e. The molecule has 3 aromatic rings. The van der Waals surface area contributed by atoms with Crippen molar-refractivity contribution >= 4 is 34.1 Å². The Morgan fingerprint density at radius 2 is 2.04 bits per heavy atom. The van der Waals surface area contributed by atoms with Gasteiger partial charge in [0.25, 0.3) is 0 Å². The first kappa shape index (κ1) is 15.8. The van der Waals surface area contributed by atoms with Crippen LogP contribution in [0.3, 0.4) is 0 Å². The number of fused-ring (bicyclic) bond motifs is 2. The predicted octanol–water partition coefficient (Wildman–Crippen LogP) is 3.03. The Kier molecular flexibility index (Phi) is 4.01. The summed E-state index contributed by atoms with van der Waals surface area (Å²) in [6.45, 7) is 0.758. The fourth-order valence-corrected chi connectivity index (χ4v) is 3.52. The van der Waals surface area contributed by atoms with Crippen LogP contribution in [0.4, 0.5) is 5.69 Å². The normalized spacial score (nSPS) is 13.7. The summed E-state index contributed by atoms with van der Waals surface area (Å²) in [5.41, 5.74) is 2.52. The second-order valence-corrected chi connectivity index (χ2v) is 6.54. The fourth-order valence-electron chi connectivity index (χ4n) is 3.33. The summed E-state index contributed by atoms with van der Waals surface area (Å²) in [7, 11) is 0. The third-order valence-corrected chi connectivity index (χ3v) is 4.74. The Morgan fingerprint density at radius 1 is 1.20 bits per heavy atom. The molecule has 1 amide bonds. The van der Waals surface area contributed by atoms with Crippen LogP contribution >= 0.6 is 11.6 Å². The maximum Gasteiger partial charge on any atom is 0.248 e. The van der Waals surface area contributed by atoms with Gasteiger partial charge in [0.1, 0.15) is 6.54 Å². The van der Waals surface area contributed by atoms with Crippen LogP contribution in [0, 0.1) is 0 Å². The number of hydrogen-bond donors (Lipinski definition) is 0. The number of amides is 1. The van der Waals surface area contributed by atoms with Gasteiger partial charge in [0.15, 0.2) is 0 Å². The quantitative estimate of drug-likeness (QED) is 0.711. The predicted molar refractivity (Wildman–Crippen MR) is 98.1 cm³/mol. The van der Waals surface area contributed by atoms with Crippen molar-refractivity contribution in [2.45, 2.75) is 19.4 Å². The van der Waals surface area contributed by atoms with Crippen molar-refractivity contribution in [1.82, 2.24) is 9.78 Å². The fraction of sp³-hybridized carbons (Fsp3) is 0.211. The van der Waals surface area contributed by atoms with Crippen LogP contribution in [0.15, 0.2) is 53.5 Å². The molecule has 0 unspecified atom stereocenters. The molecule has 2 aromatic carbocycles. The second-order valence-electron chi connectivity index (χ2n) is 6.11. The molecular weight excluding hydrogens is 338 g/mol. The Morgan fingerprint density at radius 3 is 2.92 bits per heavy atom. The molecule has 25 heavy (non-hydrogen) atoms. The molecule has 0 bridgehead atoms. The number of carbonyl (C=O) groups excluding carboxylic acids is 1. The van der Waals surface area contributed by atoms with Crippen LogP contribution in [0.1, 0.15) is 12.0 Å². The topological polar surface area (TPSA) is 55.2 Å². The highest BCUT2D eigenvalue weighted by atomic mass is 35.5. The Labute approximate surface area is 149 Å². The summed E-state index contributed by atoms with van der Waals surface area (Å²) < 4.78 is 1.59. The van der Waals surface area contributed by atoms with Crippen molar-refractivity contribution in [2.75, 3.05) is 11.4 Å². The van der Waals surface area contributed by atoms with E-state index in [1.165, 1.54) is 6.20 Å². The van der Waals surface area contributed by atoms with Crippen LogP contribution in [-0.2, 0) is 17.8 Å². The first-order valence-electron chi connectivity index (χ1n) is 8.17. The number of aromatic nitrogens is 2. The van der Waals surface area contributed by atoms with E-state index >= 15 is 0 Å². The van der Waals surface area contributed by atoms with E-state index in [4.69, 9.17) is 11.6 Å². The van der Waals surface area contributed by atoms with E-state index in [0.717, 1.165) is 24.1 Å². The van der Waals surface area contributed by atoms with Crippen LogP contribution in [-0.4, -0.2) is 22.2 Å². The molecule has 0 saturated heterocycles. The van der Waals surface area contributed by atoms with E-state index in [-0.39, 0.29) is 17.9 Å². The van der Waals surface area contributed by atoms with Gasteiger partial charge in [0.05, 0.1) is 11.7 Å². The van der Waals surface area contributed by atoms with Gasteiger partial charge in [-0.25, -0.2) is 0 Å². The molecule has 0 aliphatic carbocycles. The first-order valence-corrected chi connectivity index (χ1v) is 8.55. The largest absolute Gasteiger partial charge is 0.311 e. The number of benzene rings is 2. The summed E-state index contributed by atoms with van der Waals surface area (Å²) in [4.78, 5) is 26.6. The van der Waals surface area contributed by atoms with Gasteiger partial charge in [-0.3, -0.25) is 14.3 Å². The molecular formula is C19H16ClN3O2. The van der Waals surface area contributed by atoms with Crippen LogP contribution < -0.4 is 10.3 Å². The molecule has 0 N–H and O–H groups in total. The minimum atomic E-state index is -0.141. The monoisotopic (exact) mass is 353 g/mol. The molecule has 0 fully saturated rings. The van der Waals surface area contributed by atoms with E-state index in [9.17, 15) is 9.59 Å². The molecule has 0 atom stereocenters. The van der Waals surface area contributed by atoms with Crippen molar-refractivity contribution in [2.24, 2.45) is 0 Å². The van der Waals surface area contributed by atoms with Crippen LogP contribution in [0.5, 0.6) is 0 Å². The van der Waals surface area contributed by atoms with Gasteiger partial charge in [0, 0.05) is 22.6 Å². The highest BCUT2D eigenvalue weighted by Gasteiger charge is 2.23. The van der Waals surface area contributed by atoms with Gasteiger partial charge in [-0.1, -0.05) is 23.7 Å². The summed E-state index contributed by atoms with van der Waals surface area (Å²) in [6, 6.07) is 12.8. The van der Waals surface area contributed by atoms with Crippen molar-refractivity contribution in [3.8, 4) is 0 Å². The van der Waals surface area contributed by atoms with Crippen molar-refractivity contribution in [1.29, 1.82) is 0 Å². The molecule has 4 rings (SSSR count). The van der Waals surface area contributed by atoms with Crippen molar-refractivity contribution in [3.05, 3.63) is 69.5 Å². The Hall–Kier alpha value is -2.66. The van der Waals surface area contributed by atoms with Crippen molar-refractivity contribution in [3.63, 3.8) is 0 Å². The van der Waals surface area contributed by atoms with Gasteiger partial charge in [-0.05, 0) is 48.7 Å². The molecule has 0 radical (unpaired) electrons. The molecule has 5 nitrogen and oxygen atoms in total. The third kappa shape index (κ3) is 2.91. The number of hydrogen-bond acceptors (Lipinski definition) is 3. The summed E-state index contributed by atoms with van der Waals surface area (Å²) >= 11 is 6.07. The van der Waals surface area contributed by atoms with Crippen LogP contribution in [0.25, 0.3) is 10.9 Å². The highest BCUT2D eigenvalue weighted by molar-refractivity contribution is 6.30. The second kappa shape index (κ2) is 6.33. The number of carbonyl (C=O) groups is 1. The van der Waals surface area contributed by atoms with Gasteiger partial charge in [0.2, 0.25) is 11.3 Å². The van der Waals surface area contributed by atoms with E-state index in [1.54, 1.807) is 33.8 Å². The maximum atomic E-state index is 12.9. The average Bonchev–Trinajstić information content (AvgIpc) is 2.63. The van der Waals surface area contributed by atoms with E-state index in [1.807, 2.05) is 18.2 Å². The lowest BCUT2D eigenvalue weighted by atomic mass is 10.0. The molecule has 2 heterocycles. The summed E-state index contributed by atoms with van der Waals surface area (Å²) in [5.74, 6) is -0.0513. The standard InChI is InChI=1S/C19H16ClN3O2/c20-14-7-8-16-13(10-14)4-3-9-22(16)19(25)12-23-17-6-2-1-5-15(17)18(24)11-21-23/h1-2,5-8,10-11H,3-4,9,12H2. The Bertz CT molecular complexity index is 1030. The van der Waals surface area contributed by atoms with Crippen LogP contribution in [0.2, 0.25) is 5.02 Å².